The number of aromatic nitrogens is 2. The number of nitrogens with one attached hydrogen (secondary N) is 2. The van der Waals surface area contributed by atoms with E-state index in [1.807, 2.05) is 28.8 Å². The topological polar surface area (TPSA) is 85.2 Å². The van der Waals surface area contributed by atoms with Gasteiger partial charge < -0.3 is 19.9 Å². The summed E-state index contributed by atoms with van der Waals surface area (Å²) in [6, 6.07) is 13.2. The summed E-state index contributed by atoms with van der Waals surface area (Å²) in [6.07, 6.45) is 1.28. The number of hydrogen-bond donors (Lipinski definition) is 2. The molecule has 0 saturated carbocycles. The maximum absolute atomic E-state index is 13.0. The average molecular weight is 398 g/mol. The number of amides is 2. The number of nitrogens with zero attached hydrogens (tertiary/aromatic N) is 2. The monoisotopic (exact) mass is 398 g/mol. The average Bonchev–Trinajstić information content (AvgIpc) is 3.05. The summed E-state index contributed by atoms with van der Waals surface area (Å²) in [7, 11) is 1.47. The molecule has 0 unspecified atom stereocenters. The Kier molecular flexibility index (Phi) is 6.91. The van der Waals surface area contributed by atoms with E-state index in [9.17, 15) is 14.0 Å². The lowest BCUT2D eigenvalue weighted by Crippen LogP contribution is -2.28. The van der Waals surface area contributed by atoms with Crippen LogP contribution in [0.1, 0.15) is 12.2 Å². The van der Waals surface area contributed by atoms with Crippen molar-refractivity contribution in [1.82, 2.24) is 14.9 Å². The largest absolute Gasteiger partial charge is 0.375 e. The molecule has 0 aliphatic carbocycles. The number of fused-ring (bicyclic) bond motifs is 1. The molecule has 0 fully saturated rings. The van der Waals surface area contributed by atoms with Crippen LogP contribution < -0.4 is 10.6 Å². The fourth-order valence-electron chi connectivity index (χ4n) is 3.03. The van der Waals surface area contributed by atoms with Gasteiger partial charge in [-0.1, -0.05) is 12.1 Å². The van der Waals surface area contributed by atoms with E-state index in [4.69, 9.17) is 4.74 Å². The SMILES string of the molecule is COCC(=O)NCCCc1nc2ccccc2n1CC(=O)Nc1ccc(F)cc1. The molecule has 8 heteroatoms. The number of para-hydroxylation sites is 2. The van der Waals surface area contributed by atoms with Crippen molar-refractivity contribution in [3.63, 3.8) is 0 Å². The van der Waals surface area contributed by atoms with Gasteiger partial charge in [0.05, 0.1) is 11.0 Å². The molecule has 3 rings (SSSR count). The molecule has 0 saturated heterocycles. The van der Waals surface area contributed by atoms with Crippen LogP contribution in [0.5, 0.6) is 0 Å². The van der Waals surface area contributed by atoms with Crippen molar-refractivity contribution < 1.29 is 18.7 Å². The summed E-state index contributed by atoms with van der Waals surface area (Å²) in [5, 5.41) is 5.54. The van der Waals surface area contributed by atoms with Crippen molar-refractivity contribution >= 4 is 28.5 Å². The van der Waals surface area contributed by atoms with Crippen LogP contribution in [0.15, 0.2) is 48.5 Å². The Bertz CT molecular complexity index is 985. The molecule has 0 bridgehead atoms. The Morgan fingerprint density at radius 1 is 1.10 bits per heavy atom. The van der Waals surface area contributed by atoms with Gasteiger partial charge in [0.2, 0.25) is 11.8 Å². The van der Waals surface area contributed by atoms with Gasteiger partial charge in [-0.05, 0) is 42.8 Å². The maximum atomic E-state index is 13.0. The molecule has 2 N–H and O–H groups in total. The van der Waals surface area contributed by atoms with E-state index in [1.165, 1.54) is 31.4 Å². The number of aryl methyl sites for hydroxylation is 1. The zero-order chi connectivity index (χ0) is 20.6. The van der Waals surface area contributed by atoms with Gasteiger partial charge >= 0.3 is 0 Å². The third-order valence-corrected chi connectivity index (χ3v) is 4.34. The molecule has 1 aromatic heterocycles. The van der Waals surface area contributed by atoms with Crippen LogP contribution in [0.4, 0.5) is 10.1 Å². The predicted octanol–water partition coefficient (Wildman–Crippen LogP) is 2.51. The fourth-order valence-corrected chi connectivity index (χ4v) is 3.03. The summed E-state index contributed by atoms with van der Waals surface area (Å²) in [6.45, 7) is 0.610. The molecule has 152 valence electrons. The number of rotatable bonds is 9. The molecule has 0 radical (unpaired) electrons. The van der Waals surface area contributed by atoms with E-state index in [0.717, 1.165) is 16.9 Å². The second kappa shape index (κ2) is 9.79. The number of imidazole rings is 1. The van der Waals surface area contributed by atoms with Gasteiger partial charge in [-0.2, -0.15) is 0 Å². The zero-order valence-corrected chi connectivity index (χ0v) is 16.2. The highest BCUT2D eigenvalue weighted by Crippen LogP contribution is 2.18. The van der Waals surface area contributed by atoms with Crippen molar-refractivity contribution in [2.75, 3.05) is 25.6 Å². The highest BCUT2D eigenvalue weighted by atomic mass is 19.1. The third kappa shape index (κ3) is 5.61. The van der Waals surface area contributed by atoms with Crippen LogP contribution in [-0.2, 0) is 27.3 Å². The Hall–Kier alpha value is -3.26. The maximum Gasteiger partial charge on any atom is 0.245 e. The van der Waals surface area contributed by atoms with Crippen molar-refractivity contribution in [1.29, 1.82) is 0 Å². The van der Waals surface area contributed by atoms with Gasteiger partial charge in [-0.15, -0.1) is 0 Å². The number of anilines is 1. The van der Waals surface area contributed by atoms with Crippen LogP contribution in [0.2, 0.25) is 0 Å². The van der Waals surface area contributed by atoms with Crippen molar-refractivity contribution in [3.05, 3.63) is 60.2 Å². The Morgan fingerprint density at radius 3 is 2.62 bits per heavy atom. The van der Waals surface area contributed by atoms with E-state index >= 15 is 0 Å². The van der Waals surface area contributed by atoms with Crippen LogP contribution in [0.25, 0.3) is 11.0 Å². The molecule has 7 nitrogen and oxygen atoms in total. The van der Waals surface area contributed by atoms with Gasteiger partial charge in [-0.25, -0.2) is 9.37 Å². The lowest BCUT2D eigenvalue weighted by molar-refractivity contribution is -0.124. The van der Waals surface area contributed by atoms with Gasteiger partial charge in [-0.3, -0.25) is 9.59 Å². The highest BCUT2D eigenvalue weighted by Gasteiger charge is 2.14. The fraction of sp³-hybridized carbons (Fsp3) is 0.286. The van der Waals surface area contributed by atoms with Crippen molar-refractivity contribution in [3.8, 4) is 0 Å². The Balaban J connectivity index is 1.68. The molecule has 0 spiro atoms. The Morgan fingerprint density at radius 2 is 1.86 bits per heavy atom. The van der Waals surface area contributed by atoms with Crippen molar-refractivity contribution in [2.45, 2.75) is 19.4 Å². The van der Waals surface area contributed by atoms with E-state index in [1.54, 1.807) is 0 Å². The molecule has 0 aliphatic rings. The quantitative estimate of drug-likeness (QED) is 0.543. The number of carbonyl (C=O) groups excluding carboxylic acids is 2. The van der Waals surface area contributed by atoms with Crippen LogP contribution in [0.3, 0.4) is 0 Å². The summed E-state index contributed by atoms with van der Waals surface area (Å²) < 4.78 is 19.7. The second-order valence-corrected chi connectivity index (χ2v) is 6.54. The zero-order valence-electron chi connectivity index (χ0n) is 16.2. The predicted molar refractivity (Wildman–Crippen MR) is 108 cm³/mol. The first kappa shape index (κ1) is 20.5. The highest BCUT2D eigenvalue weighted by molar-refractivity contribution is 5.91. The van der Waals surface area contributed by atoms with Crippen LogP contribution in [-0.4, -0.2) is 41.6 Å². The minimum absolute atomic E-state index is 0.0298. The summed E-state index contributed by atoms with van der Waals surface area (Å²) in [5.74, 6) is 0.0130. The number of halogens is 1. The second-order valence-electron chi connectivity index (χ2n) is 6.54. The molecule has 29 heavy (non-hydrogen) atoms. The number of carbonyl (C=O) groups is 2. The molecule has 3 aromatic rings. The van der Waals surface area contributed by atoms with Gasteiger partial charge in [0.15, 0.2) is 0 Å². The molecule has 0 atom stereocenters. The number of methoxy groups -OCH3 is 1. The molecule has 2 amide bonds. The first-order chi connectivity index (χ1) is 14.1. The molecule has 1 heterocycles. The van der Waals surface area contributed by atoms with Gasteiger partial charge in [0.1, 0.15) is 24.8 Å². The first-order valence-corrected chi connectivity index (χ1v) is 9.32. The van der Waals surface area contributed by atoms with E-state index < -0.39 is 0 Å². The Labute approximate surface area is 167 Å². The molecular formula is C21H23FN4O3. The van der Waals surface area contributed by atoms with Gasteiger partial charge in [0.25, 0.3) is 0 Å². The smallest absolute Gasteiger partial charge is 0.245 e. The van der Waals surface area contributed by atoms with E-state index in [0.29, 0.717) is 25.1 Å². The summed E-state index contributed by atoms with van der Waals surface area (Å²) in [4.78, 5) is 28.6. The minimum Gasteiger partial charge on any atom is -0.375 e. The number of benzene rings is 2. The lowest BCUT2D eigenvalue weighted by Gasteiger charge is -2.10. The van der Waals surface area contributed by atoms with Gasteiger partial charge in [0, 0.05) is 25.8 Å². The van der Waals surface area contributed by atoms with Crippen LogP contribution in [0, 0.1) is 5.82 Å². The first-order valence-electron chi connectivity index (χ1n) is 9.32. The molecular weight excluding hydrogens is 375 g/mol. The molecule has 0 aliphatic heterocycles. The lowest BCUT2D eigenvalue weighted by atomic mass is 10.3. The number of ether oxygens (including phenoxy) is 1. The van der Waals surface area contributed by atoms with Crippen LogP contribution >= 0.6 is 0 Å². The normalized spacial score (nSPS) is 10.8. The number of hydrogen-bond acceptors (Lipinski definition) is 4. The summed E-state index contributed by atoms with van der Waals surface area (Å²) >= 11 is 0. The third-order valence-electron chi connectivity index (χ3n) is 4.34. The molecule has 2 aromatic carbocycles. The van der Waals surface area contributed by atoms with E-state index in [2.05, 4.69) is 15.6 Å². The van der Waals surface area contributed by atoms with E-state index in [-0.39, 0.29) is 30.8 Å². The summed E-state index contributed by atoms with van der Waals surface area (Å²) in [5.41, 5.74) is 2.20. The standard InChI is InChI=1S/C21H23FN4O3/c1-29-14-21(28)23-12-4-7-19-25-17-5-2-3-6-18(17)26(19)13-20(27)24-16-10-8-15(22)9-11-16/h2-3,5-6,8-11H,4,7,12-14H2,1H3,(H,23,28)(H,24,27). The minimum atomic E-state index is -0.358. The van der Waals surface area contributed by atoms with Crippen molar-refractivity contribution in [2.24, 2.45) is 0 Å².